The molecule has 2 N–H and O–H groups in total. The monoisotopic (exact) mass is 440 g/mol. The van der Waals surface area contributed by atoms with E-state index in [1.54, 1.807) is 37.4 Å². The van der Waals surface area contributed by atoms with E-state index in [2.05, 4.69) is 15.2 Å². The molecule has 0 bridgehead atoms. The number of fused-ring (bicyclic) bond motifs is 1. The van der Waals surface area contributed by atoms with Gasteiger partial charge in [-0.05, 0) is 42.7 Å². The number of anilines is 1. The number of halogens is 1. The van der Waals surface area contributed by atoms with Crippen LogP contribution in [0.5, 0.6) is 5.75 Å². The summed E-state index contributed by atoms with van der Waals surface area (Å²) in [6.45, 7) is 2.36. The number of aromatic hydroxyl groups is 1. The molecule has 2 heterocycles. The first-order valence-corrected chi connectivity index (χ1v) is 10.5. The maximum atomic E-state index is 14.0. The topological polar surface area (TPSA) is 96.8 Å². The highest BCUT2D eigenvalue weighted by molar-refractivity contribution is 5.91. The molecule has 0 aliphatic carbocycles. The van der Waals surface area contributed by atoms with E-state index in [-0.39, 0.29) is 24.1 Å². The zero-order chi connectivity index (χ0) is 22.5. The third-order valence-electron chi connectivity index (χ3n) is 5.42. The molecule has 0 radical (unpaired) electrons. The largest absolute Gasteiger partial charge is 0.507 e. The van der Waals surface area contributed by atoms with Crippen LogP contribution in [0, 0.1) is 11.7 Å². The Morgan fingerprint density at radius 3 is 2.91 bits per heavy atom. The Morgan fingerprint density at radius 2 is 2.09 bits per heavy atom. The predicted octanol–water partition coefficient (Wildman–Crippen LogP) is 3.34. The van der Waals surface area contributed by atoms with Gasteiger partial charge >= 0.3 is 6.09 Å². The van der Waals surface area contributed by atoms with Crippen molar-refractivity contribution < 1.29 is 23.8 Å². The molecule has 0 unspecified atom stereocenters. The van der Waals surface area contributed by atoms with Crippen molar-refractivity contribution in [2.24, 2.45) is 5.92 Å². The van der Waals surface area contributed by atoms with E-state index in [0.29, 0.717) is 54.3 Å². The normalized spacial score (nSPS) is 15.8. The molecular weight excluding hydrogens is 415 g/mol. The lowest BCUT2D eigenvalue weighted by atomic mass is 10.1. The third kappa shape index (κ3) is 4.88. The highest BCUT2D eigenvalue weighted by Gasteiger charge is 2.26. The van der Waals surface area contributed by atoms with Crippen molar-refractivity contribution in [1.82, 2.24) is 15.3 Å². The summed E-state index contributed by atoms with van der Waals surface area (Å²) in [4.78, 5) is 23.1. The number of rotatable bonds is 7. The van der Waals surface area contributed by atoms with Crippen LogP contribution in [0.15, 0.2) is 42.5 Å². The number of alkyl carbamates (subject to hydrolysis) is 1. The number of nitrogens with one attached hydrogen (secondary N) is 1. The number of amides is 1. The van der Waals surface area contributed by atoms with E-state index < -0.39 is 6.09 Å². The number of methoxy groups -OCH3 is 1. The molecule has 1 aromatic heterocycles. The van der Waals surface area contributed by atoms with Crippen molar-refractivity contribution in [2.45, 2.75) is 6.42 Å². The number of hydrogen-bond acceptors (Lipinski definition) is 7. The van der Waals surface area contributed by atoms with Gasteiger partial charge in [-0.1, -0.05) is 12.1 Å². The van der Waals surface area contributed by atoms with E-state index in [0.717, 1.165) is 6.42 Å². The second kappa shape index (κ2) is 9.78. The van der Waals surface area contributed by atoms with Gasteiger partial charge in [0, 0.05) is 32.1 Å². The number of phenolic OH excluding ortho intramolecular Hbond substituents is 1. The molecule has 1 saturated heterocycles. The Bertz CT molecular complexity index is 1110. The number of carbonyl (C=O) groups excluding carboxylic acids is 1. The molecule has 4 rings (SSSR count). The zero-order valence-electron chi connectivity index (χ0n) is 17.8. The highest BCUT2D eigenvalue weighted by atomic mass is 19.1. The van der Waals surface area contributed by atoms with Crippen LogP contribution in [0.3, 0.4) is 0 Å². The average molecular weight is 440 g/mol. The van der Waals surface area contributed by atoms with Crippen molar-refractivity contribution in [3.63, 3.8) is 0 Å². The van der Waals surface area contributed by atoms with Crippen molar-refractivity contribution >= 4 is 22.8 Å². The number of para-hydroxylation sites is 1. The van der Waals surface area contributed by atoms with Gasteiger partial charge in [0.05, 0.1) is 17.7 Å². The average Bonchev–Trinajstić information content (AvgIpc) is 3.26. The number of phenols is 1. The van der Waals surface area contributed by atoms with Crippen LogP contribution in [0.2, 0.25) is 0 Å². The molecule has 168 valence electrons. The van der Waals surface area contributed by atoms with Gasteiger partial charge in [-0.3, -0.25) is 0 Å². The fourth-order valence-corrected chi connectivity index (χ4v) is 3.80. The maximum absolute atomic E-state index is 14.0. The van der Waals surface area contributed by atoms with E-state index in [4.69, 9.17) is 14.5 Å². The number of nitrogens with zero attached hydrogens (tertiary/aromatic N) is 3. The number of aromatic nitrogens is 2. The molecule has 32 heavy (non-hydrogen) atoms. The summed E-state index contributed by atoms with van der Waals surface area (Å²) in [5, 5.41) is 13.6. The summed E-state index contributed by atoms with van der Waals surface area (Å²) in [5.74, 6) is 0.889. The number of benzene rings is 2. The van der Waals surface area contributed by atoms with E-state index in [9.17, 15) is 14.3 Å². The minimum absolute atomic E-state index is 0.0791. The van der Waals surface area contributed by atoms with Crippen LogP contribution in [-0.2, 0) is 9.47 Å². The summed E-state index contributed by atoms with van der Waals surface area (Å²) in [5.41, 5.74) is 1.11. The summed E-state index contributed by atoms with van der Waals surface area (Å²) < 4.78 is 23.9. The molecule has 1 amide bonds. The molecule has 2 aromatic carbocycles. The van der Waals surface area contributed by atoms with Gasteiger partial charge in [-0.15, -0.1) is 0 Å². The fraction of sp³-hybridized carbons (Fsp3) is 0.348. The van der Waals surface area contributed by atoms with Crippen LogP contribution < -0.4 is 10.2 Å². The highest BCUT2D eigenvalue weighted by Crippen LogP contribution is 2.33. The first-order valence-electron chi connectivity index (χ1n) is 10.5. The second-order valence-corrected chi connectivity index (χ2v) is 7.66. The Labute approximate surface area is 185 Å². The van der Waals surface area contributed by atoms with Crippen LogP contribution in [0.4, 0.5) is 15.0 Å². The van der Waals surface area contributed by atoms with Crippen molar-refractivity contribution in [3.05, 3.63) is 48.3 Å². The van der Waals surface area contributed by atoms with Gasteiger partial charge in [-0.25, -0.2) is 19.2 Å². The Kier molecular flexibility index (Phi) is 6.65. The molecule has 9 heteroatoms. The first-order chi connectivity index (χ1) is 15.5. The SMILES string of the molecule is COCCOC(=O)NC[C@@H]1CCN(c2nc(-c3ccccc3O)nc3ccc(F)cc23)C1. The smallest absolute Gasteiger partial charge is 0.407 e. The third-order valence-corrected chi connectivity index (χ3v) is 5.42. The van der Waals surface area contributed by atoms with Gasteiger partial charge < -0.3 is 24.8 Å². The summed E-state index contributed by atoms with van der Waals surface area (Å²) in [6, 6.07) is 11.3. The Balaban J connectivity index is 1.55. The van der Waals surface area contributed by atoms with Gasteiger partial charge in [0.2, 0.25) is 0 Å². The van der Waals surface area contributed by atoms with Gasteiger partial charge in [0.1, 0.15) is 24.0 Å². The lowest BCUT2D eigenvalue weighted by Crippen LogP contribution is -2.32. The lowest BCUT2D eigenvalue weighted by molar-refractivity contribution is 0.0979. The molecular formula is C23H25FN4O4. The maximum Gasteiger partial charge on any atom is 0.407 e. The number of carbonyl (C=O) groups is 1. The molecule has 0 saturated carbocycles. The molecule has 1 atom stereocenters. The van der Waals surface area contributed by atoms with Crippen molar-refractivity contribution in [1.29, 1.82) is 0 Å². The van der Waals surface area contributed by atoms with Crippen LogP contribution in [-0.4, -0.2) is 61.1 Å². The second-order valence-electron chi connectivity index (χ2n) is 7.66. The van der Waals surface area contributed by atoms with Gasteiger partial charge in [0.25, 0.3) is 0 Å². The summed E-state index contributed by atoms with van der Waals surface area (Å²) in [6.07, 6.45) is 0.363. The zero-order valence-corrected chi connectivity index (χ0v) is 17.8. The fourth-order valence-electron chi connectivity index (χ4n) is 3.80. The van der Waals surface area contributed by atoms with Crippen molar-refractivity contribution in [2.75, 3.05) is 44.9 Å². The Morgan fingerprint density at radius 1 is 1.25 bits per heavy atom. The van der Waals surface area contributed by atoms with Gasteiger partial charge in [0.15, 0.2) is 5.82 Å². The van der Waals surface area contributed by atoms with Crippen LogP contribution in [0.1, 0.15) is 6.42 Å². The van der Waals surface area contributed by atoms with Gasteiger partial charge in [-0.2, -0.15) is 0 Å². The minimum Gasteiger partial charge on any atom is -0.507 e. The standard InChI is InChI=1S/C23H25FN4O4/c1-31-10-11-32-23(30)25-13-15-8-9-28(14-15)22-18-12-16(24)6-7-19(18)26-21(27-22)17-4-2-3-5-20(17)29/h2-7,12,15,29H,8-11,13-14H2,1H3,(H,25,30)/t15-/m0/s1. The molecule has 1 aliphatic rings. The van der Waals surface area contributed by atoms with E-state index >= 15 is 0 Å². The quantitative estimate of drug-likeness (QED) is 0.544. The molecule has 3 aromatic rings. The van der Waals surface area contributed by atoms with E-state index in [1.165, 1.54) is 12.1 Å². The molecule has 1 aliphatic heterocycles. The molecule has 0 spiro atoms. The summed E-state index contributed by atoms with van der Waals surface area (Å²) >= 11 is 0. The first kappa shape index (κ1) is 21.8. The van der Waals surface area contributed by atoms with E-state index in [1.807, 2.05) is 0 Å². The van der Waals surface area contributed by atoms with Crippen molar-refractivity contribution in [3.8, 4) is 17.1 Å². The Hall–Kier alpha value is -3.46. The van der Waals surface area contributed by atoms with Crippen LogP contribution >= 0.6 is 0 Å². The number of hydrogen-bond donors (Lipinski definition) is 2. The number of ether oxygens (including phenoxy) is 2. The van der Waals surface area contributed by atoms with Crippen LogP contribution in [0.25, 0.3) is 22.3 Å². The summed E-state index contributed by atoms with van der Waals surface area (Å²) in [7, 11) is 1.54. The molecule has 1 fully saturated rings. The molecule has 8 nitrogen and oxygen atoms in total. The lowest BCUT2D eigenvalue weighted by Gasteiger charge is -2.20. The predicted molar refractivity (Wildman–Crippen MR) is 118 cm³/mol. The minimum atomic E-state index is -0.475.